The van der Waals surface area contributed by atoms with Gasteiger partial charge < -0.3 is 10.1 Å². The van der Waals surface area contributed by atoms with Crippen LogP contribution >= 0.6 is 0 Å². The Morgan fingerprint density at radius 1 is 1.09 bits per heavy atom. The van der Waals surface area contributed by atoms with Gasteiger partial charge in [-0.05, 0) is 31.2 Å². The molecule has 3 nitrogen and oxygen atoms in total. The van der Waals surface area contributed by atoms with Crippen molar-refractivity contribution in [3.63, 3.8) is 0 Å². The highest BCUT2D eigenvalue weighted by Crippen LogP contribution is 2.31. The van der Waals surface area contributed by atoms with Gasteiger partial charge in [0.25, 0.3) is 5.91 Å². The Hall–Kier alpha value is -2.50. The molecule has 0 radical (unpaired) electrons. The first-order chi connectivity index (χ1) is 10.9. The van der Waals surface area contributed by atoms with Crippen LogP contribution in [0.4, 0.5) is 13.2 Å². The van der Waals surface area contributed by atoms with Gasteiger partial charge in [-0.1, -0.05) is 29.8 Å². The molecule has 2 aromatic rings. The normalized spacial score (nSPS) is 11.1. The van der Waals surface area contributed by atoms with E-state index in [4.69, 9.17) is 4.74 Å². The molecule has 23 heavy (non-hydrogen) atoms. The minimum Gasteiger partial charge on any atom is -0.492 e. The molecular formula is C17H16F3NO2. The van der Waals surface area contributed by atoms with Crippen molar-refractivity contribution < 1.29 is 22.7 Å². The van der Waals surface area contributed by atoms with Gasteiger partial charge in [-0.15, -0.1) is 0 Å². The SMILES string of the molecule is Cc1ccc(OCCNC(=O)c2ccccc2C(F)(F)F)cc1. The summed E-state index contributed by atoms with van der Waals surface area (Å²) in [5.74, 6) is -0.133. The van der Waals surface area contributed by atoms with E-state index in [0.717, 1.165) is 17.7 Å². The van der Waals surface area contributed by atoms with E-state index >= 15 is 0 Å². The van der Waals surface area contributed by atoms with E-state index in [-0.39, 0.29) is 13.2 Å². The molecule has 2 aromatic carbocycles. The Kier molecular flexibility index (Phi) is 5.26. The van der Waals surface area contributed by atoms with Crippen LogP contribution < -0.4 is 10.1 Å². The molecule has 0 saturated heterocycles. The molecule has 0 aliphatic rings. The number of carbonyl (C=O) groups is 1. The topological polar surface area (TPSA) is 38.3 Å². The van der Waals surface area contributed by atoms with Gasteiger partial charge >= 0.3 is 6.18 Å². The zero-order chi connectivity index (χ0) is 16.9. The van der Waals surface area contributed by atoms with Crippen LogP contribution in [0.1, 0.15) is 21.5 Å². The van der Waals surface area contributed by atoms with Crippen molar-refractivity contribution in [2.75, 3.05) is 13.2 Å². The molecule has 122 valence electrons. The summed E-state index contributed by atoms with van der Waals surface area (Å²) in [4.78, 5) is 11.9. The van der Waals surface area contributed by atoms with Gasteiger partial charge in [0.15, 0.2) is 0 Å². The summed E-state index contributed by atoms with van der Waals surface area (Å²) in [7, 11) is 0. The lowest BCUT2D eigenvalue weighted by Gasteiger charge is -2.13. The van der Waals surface area contributed by atoms with Crippen LogP contribution in [0.5, 0.6) is 5.75 Å². The maximum absolute atomic E-state index is 12.8. The molecule has 0 spiro atoms. The number of amides is 1. The van der Waals surface area contributed by atoms with Crippen molar-refractivity contribution in [3.05, 3.63) is 65.2 Å². The number of alkyl halides is 3. The molecule has 0 atom stereocenters. The van der Waals surface area contributed by atoms with Crippen LogP contribution in [0.3, 0.4) is 0 Å². The molecule has 0 aromatic heterocycles. The lowest BCUT2D eigenvalue weighted by atomic mass is 10.1. The second-order valence-electron chi connectivity index (χ2n) is 4.96. The first-order valence-electron chi connectivity index (χ1n) is 7.02. The minimum absolute atomic E-state index is 0.110. The van der Waals surface area contributed by atoms with E-state index in [2.05, 4.69) is 5.32 Å². The molecule has 2 rings (SSSR count). The highest BCUT2D eigenvalue weighted by molar-refractivity contribution is 5.95. The standard InChI is InChI=1S/C17H16F3NO2/c1-12-6-8-13(9-7-12)23-11-10-21-16(22)14-4-2-3-5-15(14)17(18,19)20/h2-9H,10-11H2,1H3,(H,21,22). The van der Waals surface area contributed by atoms with Crippen molar-refractivity contribution in [3.8, 4) is 5.75 Å². The predicted molar refractivity (Wildman–Crippen MR) is 80.5 cm³/mol. The maximum atomic E-state index is 12.8. The summed E-state index contributed by atoms with van der Waals surface area (Å²) >= 11 is 0. The smallest absolute Gasteiger partial charge is 0.417 e. The van der Waals surface area contributed by atoms with E-state index in [9.17, 15) is 18.0 Å². The van der Waals surface area contributed by atoms with Gasteiger partial charge in [-0.2, -0.15) is 13.2 Å². The molecule has 1 amide bonds. The number of hydrogen-bond acceptors (Lipinski definition) is 2. The summed E-state index contributed by atoms with van der Waals surface area (Å²) in [5.41, 5.74) is -0.248. The Balaban J connectivity index is 1.89. The highest BCUT2D eigenvalue weighted by atomic mass is 19.4. The van der Waals surface area contributed by atoms with Crippen LogP contribution in [0, 0.1) is 6.92 Å². The fourth-order valence-corrected chi connectivity index (χ4v) is 1.99. The van der Waals surface area contributed by atoms with Crippen molar-refractivity contribution >= 4 is 5.91 Å². The number of halogens is 3. The molecule has 0 heterocycles. The molecule has 1 N–H and O–H groups in total. The minimum atomic E-state index is -4.56. The first kappa shape index (κ1) is 16.9. The number of benzene rings is 2. The summed E-state index contributed by atoms with van der Waals surface area (Å²) in [6.45, 7) is 2.23. The summed E-state index contributed by atoms with van der Waals surface area (Å²) < 4.78 is 43.9. The third kappa shape index (κ3) is 4.74. The largest absolute Gasteiger partial charge is 0.492 e. The van der Waals surface area contributed by atoms with Crippen molar-refractivity contribution in [1.29, 1.82) is 0 Å². The molecule has 0 unspecified atom stereocenters. The highest BCUT2D eigenvalue weighted by Gasteiger charge is 2.34. The van der Waals surface area contributed by atoms with Gasteiger partial charge in [0.2, 0.25) is 0 Å². The van der Waals surface area contributed by atoms with E-state index in [1.165, 1.54) is 12.1 Å². The third-order valence-electron chi connectivity index (χ3n) is 3.15. The number of hydrogen-bond donors (Lipinski definition) is 1. The fraction of sp³-hybridized carbons (Fsp3) is 0.235. The average Bonchev–Trinajstić information content (AvgIpc) is 2.52. The summed E-state index contributed by atoms with van der Waals surface area (Å²) in [5, 5.41) is 2.43. The Bertz CT molecular complexity index is 666. The van der Waals surface area contributed by atoms with Crippen molar-refractivity contribution in [2.45, 2.75) is 13.1 Å². The molecule has 0 bridgehead atoms. The second kappa shape index (κ2) is 7.17. The summed E-state index contributed by atoms with van der Waals surface area (Å²) in [6.07, 6.45) is -4.56. The monoisotopic (exact) mass is 323 g/mol. The number of aryl methyl sites for hydroxylation is 1. The van der Waals surface area contributed by atoms with E-state index in [1.807, 2.05) is 19.1 Å². The van der Waals surface area contributed by atoms with Crippen LogP contribution in [0.2, 0.25) is 0 Å². The number of ether oxygens (including phenoxy) is 1. The number of carbonyl (C=O) groups excluding carboxylic acids is 1. The first-order valence-corrected chi connectivity index (χ1v) is 7.02. The third-order valence-corrected chi connectivity index (χ3v) is 3.15. The van der Waals surface area contributed by atoms with Crippen LogP contribution in [0.25, 0.3) is 0 Å². The van der Waals surface area contributed by atoms with Gasteiger partial charge in [0, 0.05) is 0 Å². The van der Waals surface area contributed by atoms with Crippen molar-refractivity contribution in [1.82, 2.24) is 5.32 Å². The van der Waals surface area contributed by atoms with Gasteiger partial charge in [0.1, 0.15) is 12.4 Å². The second-order valence-corrected chi connectivity index (χ2v) is 4.96. The Morgan fingerprint density at radius 3 is 2.39 bits per heavy atom. The lowest BCUT2D eigenvalue weighted by molar-refractivity contribution is -0.137. The van der Waals surface area contributed by atoms with Gasteiger partial charge in [0.05, 0.1) is 17.7 Å². The molecule has 0 fully saturated rings. The summed E-state index contributed by atoms with van der Waals surface area (Å²) in [6, 6.07) is 12.0. The Labute approximate surface area is 132 Å². The Morgan fingerprint density at radius 2 is 1.74 bits per heavy atom. The zero-order valence-electron chi connectivity index (χ0n) is 12.5. The molecule has 0 aliphatic heterocycles. The predicted octanol–water partition coefficient (Wildman–Crippen LogP) is 3.82. The van der Waals surface area contributed by atoms with E-state index in [1.54, 1.807) is 12.1 Å². The molecule has 6 heteroatoms. The van der Waals surface area contributed by atoms with E-state index < -0.39 is 23.2 Å². The zero-order valence-corrected chi connectivity index (χ0v) is 12.5. The van der Waals surface area contributed by atoms with Crippen molar-refractivity contribution in [2.24, 2.45) is 0 Å². The van der Waals surface area contributed by atoms with Gasteiger partial charge in [-0.25, -0.2) is 0 Å². The lowest BCUT2D eigenvalue weighted by Crippen LogP contribution is -2.30. The maximum Gasteiger partial charge on any atom is 0.417 e. The van der Waals surface area contributed by atoms with Crippen LogP contribution in [-0.2, 0) is 6.18 Å². The molecule has 0 aliphatic carbocycles. The molecular weight excluding hydrogens is 307 g/mol. The molecule has 0 saturated carbocycles. The average molecular weight is 323 g/mol. The quantitative estimate of drug-likeness (QED) is 0.850. The van der Waals surface area contributed by atoms with E-state index in [0.29, 0.717) is 5.75 Å². The van der Waals surface area contributed by atoms with Crippen LogP contribution in [-0.4, -0.2) is 19.1 Å². The fourth-order valence-electron chi connectivity index (χ4n) is 1.99. The van der Waals surface area contributed by atoms with Crippen LogP contribution in [0.15, 0.2) is 48.5 Å². The number of rotatable bonds is 5. The number of nitrogens with one attached hydrogen (secondary N) is 1. The van der Waals surface area contributed by atoms with Gasteiger partial charge in [-0.3, -0.25) is 4.79 Å².